The van der Waals surface area contributed by atoms with Crippen LogP contribution in [0.2, 0.25) is 0 Å². The van der Waals surface area contributed by atoms with Gasteiger partial charge < -0.3 is 10.6 Å². The second-order valence-electron chi connectivity index (χ2n) is 6.58. The third-order valence-electron chi connectivity index (χ3n) is 5.24. The molecule has 0 aromatic heterocycles. The maximum absolute atomic E-state index is 12.5. The van der Waals surface area contributed by atoms with Gasteiger partial charge in [-0.2, -0.15) is 0 Å². The van der Waals surface area contributed by atoms with Crippen LogP contribution < -0.4 is 5.73 Å². The number of nitrogens with two attached hydrogens (primary N) is 1. The average Bonchev–Trinajstić information content (AvgIpc) is 3.08. The molecule has 3 atom stereocenters. The summed E-state index contributed by atoms with van der Waals surface area (Å²) in [5.41, 5.74) is 6.17. The summed E-state index contributed by atoms with van der Waals surface area (Å²) in [4.78, 5) is 14.5. The first-order valence-electron chi connectivity index (χ1n) is 6.88. The van der Waals surface area contributed by atoms with Gasteiger partial charge in [-0.05, 0) is 37.0 Å². The zero-order chi connectivity index (χ0) is 12.8. The topological polar surface area (TPSA) is 46.3 Å². The number of carbonyl (C=O) groups is 1. The summed E-state index contributed by atoms with van der Waals surface area (Å²) in [6.07, 6.45) is 4.31. The maximum Gasteiger partial charge on any atom is 0.226 e. The van der Waals surface area contributed by atoms with E-state index in [1.54, 1.807) is 0 Å². The number of amides is 1. The van der Waals surface area contributed by atoms with Gasteiger partial charge in [0.25, 0.3) is 0 Å². The molecule has 0 saturated heterocycles. The minimum absolute atomic E-state index is 0.0257. The Morgan fingerprint density at radius 2 is 1.82 bits per heavy atom. The molecular weight excluding hydrogens is 212 g/mol. The first-order valence-corrected chi connectivity index (χ1v) is 6.88. The van der Waals surface area contributed by atoms with Gasteiger partial charge in [-0.15, -0.1) is 0 Å². The van der Waals surface area contributed by atoms with Crippen LogP contribution in [-0.2, 0) is 4.79 Å². The maximum atomic E-state index is 12.5. The highest BCUT2D eigenvalue weighted by Crippen LogP contribution is 2.45. The SMILES string of the molecule is CC1C(N)CCC(C(=O)N(C)C2CC2)C1(C)C. The van der Waals surface area contributed by atoms with Crippen LogP contribution in [-0.4, -0.2) is 29.9 Å². The Morgan fingerprint density at radius 3 is 2.35 bits per heavy atom. The molecule has 0 heterocycles. The van der Waals surface area contributed by atoms with Crippen LogP contribution in [0.25, 0.3) is 0 Å². The van der Waals surface area contributed by atoms with Crippen LogP contribution in [0, 0.1) is 17.3 Å². The number of carbonyl (C=O) groups excluding carboxylic acids is 1. The summed E-state index contributed by atoms with van der Waals surface area (Å²) >= 11 is 0. The van der Waals surface area contributed by atoms with Gasteiger partial charge in [0.1, 0.15) is 0 Å². The highest BCUT2D eigenvalue weighted by atomic mass is 16.2. The van der Waals surface area contributed by atoms with Gasteiger partial charge in [-0.3, -0.25) is 4.79 Å². The second-order valence-corrected chi connectivity index (χ2v) is 6.58. The molecule has 0 bridgehead atoms. The van der Waals surface area contributed by atoms with Crippen molar-refractivity contribution in [1.82, 2.24) is 4.90 Å². The van der Waals surface area contributed by atoms with E-state index in [2.05, 4.69) is 20.8 Å². The van der Waals surface area contributed by atoms with Gasteiger partial charge in [0.05, 0.1) is 0 Å². The molecule has 2 N–H and O–H groups in total. The Bertz CT molecular complexity index is 309. The standard InChI is InChI=1S/C14H26N2O/c1-9-12(15)8-7-11(14(9,2)3)13(17)16(4)10-5-6-10/h9-12H,5-8,15H2,1-4H3. The summed E-state index contributed by atoms with van der Waals surface area (Å²) in [5, 5.41) is 0. The van der Waals surface area contributed by atoms with Gasteiger partial charge in [0.15, 0.2) is 0 Å². The monoisotopic (exact) mass is 238 g/mol. The number of rotatable bonds is 2. The van der Waals surface area contributed by atoms with Crippen LogP contribution >= 0.6 is 0 Å². The number of nitrogens with zero attached hydrogens (tertiary/aromatic N) is 1. The molecule has 0 spiro atoms. The molecule has 0 aromatic carbocycles. The molecular formula is C14H26N2O. The summed E-state index contributed by atoms with van der Waals surface area (Å²) in [6.45, 7) is 6.61. The highest BCUT2D eigenvalue weighted by Gasteiger charge is 2.47. The third kappa shape index (κ3) is 2.22. The van der Waals surface area contributed by atoms with E-state index in [4.69, 9.17) is 5.73 Å². The van der Waals surface area contributed by atoms with Gasteiger partial charge >= 0.3 is 0 Å². The van der Waals surface area contributed by atoms with E-state index in [9.17, 15) is 4.79 Å². The molecule has 0 aliphatic heterocycles. The second kappa shape index (κ2) is 4.27. The summed E-state index contributed by atoms with van der Waals surface area (Å²) in [6, 6.07) is 0.768. The number of hydrogen-bond acceptors (Lipinski definition) is 2. The predicted molar refractivity (Wildman–Crippen MR) is 69.4 cm³/mol. The number of hydrogen-bond donors (Lipinski definition) is 1. The molecule has 98 valence electrons. The molecule has 2 rings (SSSR count). The Hall–Kier alpha value is -0.570. The van der Waals surface area contributed by atoms with Crippen LogP contribution in [0.1, 0.15) is 46.5 Å². The van der Waals surface area contributed by atoms with E-state index >= 15 is 0 Å². The molecule has 2 fully saturated rings. The normalized spacial score (nSPS) is 36.6. The average molecular weight is 238 g/mol. The molecule has 2 saturated carbocycles. The Labute approximate surface area is 105 Å². The van der Waals surface area contributed by atoms with Crippen molar-refractivity contribution < 1.29 is 4.79 Å². The van der Waals surface area contributed by atoms with Gasteiger partial charge in [-0.1, -0.05) is 20.8 Å². The Morgan fingerprint density at radius 1 is 1.24 bits per heavy atom. The van der Waals surface area contributed by atoms with Crippen LogP contribution in [0.3, 0.4) is 0 Å². The fraction of sp³-hybridized carbons (Fsp3) is 0.929. The lowest BCUT2D eigenvalue weighted by atomic mass is 9.60. The lowest BCUT2D eigenvalue weighted by Gasteiger charge is -2.47. The van der Waals surface area contributed by atoms with Crippen molar-refractivity contribution in [2.75, 3.05) is 7.05 Å². The summed E-state index contributed by atoms with van der Waals surface area (Å²) in [7, 11) is 1.97. The van der Waals surface area contributed by atoms with Crippen molar-refractivity contribution in [3.8, 4) is 0 Å². The Kier molecular flexibility index (Phi) is 3.23. The van der Waals surface area contributed by atoms with Gasteiger partial charge in [-0.25, -0.2) is 0 Å². The zero-order valence-electron chi connectivity index (χ0n) is 11.6. The van der Waals surface area contributed by atoms with E-state index in [1.165, 1.54) is 12.8 Å². The summed E-state index contributed by atoms with van der Waals surface area (Å²) < 4.78 is 0. The first-order chi connectivity index (χ1) is 7.85. The van der Waals surface area contributed by atoms with E-state index < -0.39 is 0 Å². The Balaban J connectivity index is 2.11. The van der Waals surface area contributed by atoms with Crippen molar-refractivity contribution in [2.24, 2.45) is 23.0 Å². The lowest BCUT2D eigenvalue weighted by Crippen LogP contribution is -2.52. The van der Waals surface area contributed by atoms with Crippen molar-refractivity contribution in [3.05, 3.63) is 0 Å². The quantitative estimate of drug-likeness (QED) is 0.800. The minimum atomic E-state index is 0.0257. The van der Waals surface area contributed by atoms with Crippen LogP contribution in [0.4, 0.5) is 0 Å². The fourth-order valence-electron chi connectivity index (χ4n) is 3.18. The van der Waals surface area contributed by atoms with Crippen molar-refractivity contribution in [3.63, 3.8) is 0 Å². The lowest BCUT2D eigenvalue weighted by molar-refractivity contribution is -0.142. The van der Waals surface area contributed by atoms with E-state index in [0.717, 1.165) is 12.8 Å². The molecule has 17 heavy (non-hydrogen) atoms. The molecule has 2 aliphatic rings. The minimum Gasteiger partial charge on any atom is -0.343 e. The zero-order valence-corrected chi connectivity index (χ0v) is 11.6. The molecule has 3 nitrogen and oxygen atoms in total. The van der Waals surface area contributed by atoms with Crippen LogP contribution in [0.5, 0.6) is 0 Å². The van der Waals surface area contributed by atoms with E-state index in [0.29, 0.717) is 17.9 Å². The van der Waals surface area contributed by atoms with Gasteiger partial charge in [0, 0.05) is 25.0 Å². The fourth-order valence-corrected chi connectivity index (χ4v) is 3.18. The summed E-state index contributed by atoms with van der Waals surface area (Å²) in [5.74, 6) is 0.914. The molecule has 0 radical (unpaired) electrons. The van der Waals surface area contributed by atoms with Gasteiger partial charge in [0.2, 0.25) is 5.91 Å². The molecule has 1 amide bonds. The van der Waals surface area contributed by atoms with E-state index in [1.807, 2.05) is 11.9 Å². The van der Waals surface area contributed by atoms with Crippen molar-refractivity contribution >= 4 is 5.91 Å². The van der Waals surface area contributed by atoms with Crippen molar-refractivity contribution in [1.29, 1.82) is 0 Å². The predicted octanol–water partition coefficient (Wildman–Crippen LogP) is 2.01. The largest absolute Gasteiger partial charge is 0.343 e. The smallest absolute Gasteiger partial charge is 0.226 e. The molecule has 3 unspecified atom stereocenters. The molecule has 0 aromatic rings. The molecule has 3 heteroatoms. The molecule has 2 aliphatic carbocycles. The van der Waals surface area contributed by atoms with Crippen LogP contribution in [0.15, 0.2) is 0 Å². The third-order valence-corrected chi connectivity index (χ3v) is 5.24. The van der Waals surface area contributed by atoms with Crippen molar-refractivity contribution in [2.45, 2.75) is 58.5 Å². The van der Waals surface area contributed by atoms with E-state index in [-0.39, 0.29) is 17.4 Å². The highest BCUT2D eigenvalue weighted by molar-refractivity contribution is 5.80. The first kappa shape index (κ1) is 12.9.